The molecule has 1 aromatic carbocycles. The summed E-state index contributed by atoms with van der Waals surface area (Å²) in [5.41, 5.74) is 2.99. The number of amides is 1. The number of rotatable bonds is 6. The summed E-state index contributed by atoms with van der Waals surface area (Å²) >= 11 is 0. The van der Waals surface area contributed by atoms with E-state index in [2.05, 4.69) is 46.4 Å². The van der Waals surface area contributed by atoms with Gasteiger partial charge in [-0.3, -0.25) is 19.5 Å². The number of benzene rings is 1. The van der Waals surface area contributed by atoms with E-state index in [1.807, 2.05) is 0 Å². The Bertz CT molecular complexity index is 777. The minimum absolute atomic E-state index is 0.107. The summed E-state index contributed by atoms with van der Waals surface area (Å²) in [7, 11) is 1.40. The number of ether oxygens (including phenoxy) is 1. The molecule has 1 fully saturated rings. The van der Waals surface area contributed by atoms with Gasteiger partial charge < -0.3 is 10.1 Å². The molecule has 1 saturated heterocycles. The average molecular weight is 367 g/mol. The number of nitrogens with one attached hydrogen (secondary N) is 1. The lowest BCUT2D eigenvalue weighted by Crippen LogP contribution is -2.37. The first-order chi connectivity index (χ1) is 13.1. The van der Waals surface area contributed by atoms with Crippen molar-refractivity contribution in [3.05, 3.63) is 65.5 Å². The summed E-state index contributed by atoms with van der Waals surface area (Å²) in [6.07, 6.45) is 4.72. The topological polar surface area (TPSA) is 71.5 Å². The Labute approximate surface area is 159 Å². The van der Waals surface area contributed by atoms with Gasteiger partial charge in [0, 0.05) is 37.1 Å². The first kappa shape index (κ1) is 19.0. The Morgan fingerprint density at radius 3 is 2.44 bits per heavy atom. The Balaban J connectivity index is 1.68. The molecule has 3 rings (SSSR count). The lowest BCUT2D eigenvalue weighted by atomic mass is 10.1. The van der Waals surface area contributed by atoms with E-state index in [0.29, 0.717) is 25.1 Å². The molecule has 6 nitrogen and oxygen atoms in total. The third-order valence-electron chi connectivity index (χ3n) is 4.97. The monoisotopic (exact) mass is 367 g/mol. The maximum Gasteiger partial charge on any atom is 0.323 e. The van der Waals surface area contributed by atoms with E-state index < -0.39 is 0 Å². The van der Waals surface area contributed by atoms with Crippen LogP contribution < -0.4 is 5.32 Å². The molecule has 1 N–H and O–H groups in total. The fourth-order valence-electron chi connectivity index (χ4n) is 3.45. The summed E-state index contributed by atoms with van der Waals surface area (Å²) < 4.78 is 4.97. The van der Waals surface area contributed by atoms with Gasteiger partial charge in [0.1, 0.15) is 6.04 Å². The number of methoxy groups -OCH3 is 1. The molecule has 2 atom stereocenters. The van der Waals surface area contributed by atoms with E-state index in [9.17, 15) is 9.59 Å². The number of carbonyl (C=O) groups excluding carboxylic acids is 2. The normalized spacial score (nSPS) is 19.6. The van der Waals surface area contributed by atoms with E-state index in [-0.39, 0.29) is 24.0 Å². The Morgan fingerprint density at radius 1 is 1.15 bits per heavy atom. The van der Waals surface area contributed by atoms with Crippen molar-refractivity contribution in [1.29, 1.82) is 0 Å². The molecule has 0 unspecified atom stereocenters. The van der Waals surface area contributed by atoms with Crippen LogP contribution in [0.15, 0.2) is 48.8 Å². The van der Waals surface area contributed by atoms with Crippen LogP contribution >= 0.6 is 0 Å². The molecule has 2 aromatic rings. The lowest BCUT2D eigenvalue weighted by molar-refractivity contribution is -0.146. The van der Waals surface area contributed by atoms with Crippen molar-refractivity contribution in [2.45, 2.75) is 38.4 Å². The number of pyridine rings is 1. The van der Waals surface area contributed by atoms with Crippen LogP contribution in [0, 0.1) is 0 Å². The van der Waals surface area contributed by atoms with Crippen molar-refractivity contribution in [2.75, 3.05) is 13.7 Å². The average Bonchev–Trinajstić information content (AvgIpc) is 3.10. The second-order valence-electron chi connectivity index (χ2n) is 6.78. The molecule has 6 heteroatoms. The van der Waals surface area contributed by atoms with E-state index in [0.717, 1.165) is 12.0 Å². The molecule has 1 aliphatic rings. The highest BCUT2D eigenvalue weighted by molar-refractivity contribution is 5.94. The van der Waals surface area contributed by atoms with Crippen LogP contribution in [-0.2, 0) is 22.5 Å². The molecular formula is C21H25N3O3. The van der Waals surface area contributed by atoms with Gasteiger partial charge in [-0.15, -0.1) is 0 Å². The number of carbonyl (C=O) groups is 2. The number of esters is 1. The van der Waals surface area contributed by atoms with Gasteiger partial charge in [0.25, 0.3) is 5.91 Å². The molecule has 1 amide bonds. The van der Waals surface area contributed by atoms with Gasteiger partial charge in [-0.25, -0.2) is 0 Å². The highest BCUT2D eigenvalue weighted by Crippen LogP contribution is 2.22. The predicted molar refractivity (Wildman–Crippen MR) is 102 cm³/mol. The first-order valence-electron chi connectivity index (χ1n) is 9.21. The molecule has 142 valence electrons. The van der Waals surface area contributed by atoms with E-state index >= 15 is 0 Å². The largest absolute Gasteiger partial charge is 0.468 e. The zero-order valence-corrected chi connectivity index (χ0v) is 15.7. The van der Waals surface area contributed by atoms with Crippen LogP contribution in [0.1, 0.15) is 34.8 Å². The summed E-state index contributed by atoms with van der Waals surface area (Å²) in [5, 5.41) is 3.02. The minimum atomic E-state index is -0.358. The fourth-order valence-corrected chi connectivity index (χ4v) is 3.45. The summed E-state index contributed by atoms with van der Waals surface area (Å²) in [4.78, 5) is 30.6. The minimum Gasteiger partial charge on any atom is -0.468 e. The Kier molecular flexibility index (Phi) is 6.19. The summed E-state index contributed by atoms with van der Waals surface area (Å²) in [6.45, 7) is 3.37. The lowest BCUT2D eigenvalue weighted by Gasteiger charge is -2.22. The number of aromatic nitrogens is 1. The van der Waals surface area contributed by atoms with Crippen molar-refractivity contribution < 1.29 is 14.3 Å². The van der Waals surface area contributed by atoms with E-state index in [4.69, 9.17) is 4.74 Å². The molecule has 0 aliphatic carbocycles. The fraction of sp³-hybridized carbons (Fsp3) is 0.381. The maximum atomic E-state index is 12.4. The maximum absolute atomic E-state index is 12.4. The van der Waals surface area contributed by atoms with Crippen molar-refractivity contribution in [1.82, 2.24) is 15.2 Å². The van der Waals surface area contributed by atoms with Crippen LogP contribution in [0.5, 0.6) is 0 Å². The number of likely N-dealkylation sites (tertiary alicyclic amines) is 1. The molecule has 0 bridgehead atoms. The number of nitrogens with zero attached hydrogens (tertiary/aromatic N) is 2. The quantitative estimate of drug-likeness (QED) is 0.793. The second-order valence-corrected chi connectivity index (χ2v) is 6.78. The van der Waals surface area contributed by atoms with Crippen LogP contribution in [0.2, 0.25) is 0 Å². The Morgan fingerprint density at radius 2 is 1.81 bits per heavy atom. The van der Waals surface area contributed by atoms with Gasteiger partial charge in [0.15, 0.2) is 0 Å². The van der Waals surface area contributed by atoms with Gasteiger partial charge in [0.2, 0.25) is 0 Å². The van der Waals surface area contributed by atoms with Crippen molar-refractivity contribution in [3.8, 4) is 0 Å². The summed E-state index contributed by atoms with van der Waals surface area (Å²) in [5.74, 6) is -0.416. The van der Waals surface area contributed by atoms with Crippen molar-refractivity contribution >= 4 is 11.9 Å². The van der Waals surface area contributed by atoms with E-state index in [1.165, 1.54) is 12.7 Å². The Hall–Kier alpha value is -2.73. The van der Waals surface area contributed by atoms with Gasteiger partial charge in [-0.05, 0) is 36.1 Å². The van der Waals surface area contributed by atoms with Crippen LogP contribution in [0.4, 0.5) is 0 Å². The van der Waals surface area contributed by atoms with Crippen LogP contribution in [-0.4, -0.2) is 47.5 Å². The number of aryl methyl sites for hydroxylation is 1. The molecule has 0 saturated carbocycles. The van der Waals surface area contributed by atoms with Gasteiger partial charge in [0.05, 0.1) is 7.11 Å². The molecule has 0 spiro atoms. The number of hydrogen-bond donors (Lipinski definition) is 1. The van der Waals surface area contributed by atoms with Crippen molar-refractivity contribution in [3.63, 3.8) is 0 Å². The third kappa shape index (κ3) is 4.71. The molecular weight excluding hydrogens is 342 g/mol. The predicted octanol–water partition coefficient (Wildman–Crippen LogP) is 2.19. The molecule has 1 aromatic heterocycles. The molecule has 2 heterocycles. The molecule has 0 radical (unpaired) electrons. The first-order valence-corrected chi connectivity index (χ1v) is 9.21. The zero-order valence-electron chi connectivity index (χ0n) is 15.7. The zero-order chi connectivity index (χ0) is 19.2. The highest BCUT2D eigenvalue weighted by atomic mass is 16.5. The van der Waals surface area contributed by atoms with E-state index in [1.54, 1.807) is 24.5 Å². The third-order valence-corrected chi connectivity index (χ3v) is 4.97. The van der Waals surface area contributed by atoms with Crippen molar-refractivity contribution in [2.24, 2.45) is 0 Å². The SMILES string of the molecule is CCc1ccc(CN2C[C@@H](NC(=O)c3ccncc3)C[C@H]2C(=O)OC)cc1. The van der Waals surface area contributed by atoms with Gasteiger partial charge in [-0.2, -0.15) is 0 Å². The second kappa shape index (κ2) is 8.77. The van der Waals surface area contributed by atoms with Gasteiger partial charge >= 0.3 is 5.97 Å². The highest BCUT2D eigenvalue weighted by Gasteiger charge is 2.38. The number of hydrogen-bond acceptors (Lipinski definition) is 5. The molecule has 1 aliphatic heterocycles. The van der Waals surface area contributed by atoms with Gasteiger partial charge in [-0.1, -0.05) is 31.2 Å². The van der Waals surface area contributed by atoms with Crippen LogP contribution in [0.3, 0.4) is 0 Å². The molecule has 27 heavy (non-hydrogen) atoms. The van der Waals surface area contributed by atoms with Crippen LogP contribution in [0.25, 0.3) is 0 Å². The summed E-state index contributed by atoms with van der Waals surface area (Å²) in [6, 6.07) is 11.3. The smallest absolute Gasteiger partial charge is 0.323 e. The standard InChI is InChI=1S/C21H25N3O3/c1-3-15-4-6-16(7-5-15)13-24-14-18(12-19(24)21(26)27-2)23-20(25)17-8-10-22-11-9-17/h4-11,18-19H,3,12-14H2,1-2H3,(H,23,25)/t18-,19-/m0/s1.